The lowest BCUT2D eigenvalue weighted by Gasteiger charge is -2.39. The van der Waals surface area contributed by atoms with Crippen LogP contribution in [0.25, 0.3) is 11.1 Å². The van der Waals surface area contributed by atoms with E-state index < -0.39 is 16.7 Å². The topological polar surface area (TPSA) is 29.5 Å². The molecule has 7 heteroatoms. The van der Waals surface area contributed by atoms with Crippen molar-refractivity contribution in [3.63, 3.8) is 0 Å². The molecule has 0 atom stereocenters. The normalized spacial score (nSPS) is 17.7. The Morgan fingerprint density at radius 2 is 1.68 bits per heavy atom. The van der Waals surface area contributed by atoms with E-state index in [9.17, 15) is 18.0 Å². The highest BCUT2D eigenvalue weighted by Crippen LogP contribution is 2.46. The van der Waals surface area contributed by atoms with Gasteiger partial charge in [-0.3, -0.25) is 4.79 Å². The molecule has 1 spiro atoms. The molecule has 2 aliphatic rings. The molecule has 0 aliphatic carbocycles. The average Bonchev–Trinajstić information content (AvgIpc) is 3.38. The van der Waals surface area contributed by atoms with Gasteiger partial charge in [0.05, 0.1) is 17.1 Å². The fourth-order valence-corrected chi connectivity index (χ4v) is 5.58. The fourth-order valence-electron chi connectivity index (χ4n) is 4.56. The maximum Gasteiger partial charge on any atom is 0.426 e. The Balaban J connectivity index is 1.39. The number of hydrogen-bond donors (Lipinski definition) is 0. The number of fused-ring (bicyclic) bond motifs is 2. The number of rotatable bonds is 2. The van der Waals surface area contributed by atoms with Gasteiger partial charge in [-0.1, -0.05) is 54.6 Å². The molecule has 2 aromatic carbocycles. The lowest BCUT2D eigenvalue weighted by molar-refractivity contribution is -0.133. The minimum atomic E-state index is -4.51. The second kappa shape index (κ2) is 7.50. The molecule has 1 saturated heterocycles. The largest absolute Gasteiger partial charge is 0.426 e. The lowest BCUT2D eigenvalue weighted by Crippen LogP contribution is -2.44. The quantitative estimate of drug-likeness (QED) is 0.479. The van der Waals surface area contributed by atoms with E-state index in [0.717, 1.165) is 0 Å². The van der Waals surface area contributed by atoms with Crippen molar-refractivity contribution in [2.24, 2.45) is 0 Å². The zero-order valence-electron chi connectivity index (χ0n) is 16.6. The highest BCUT2D eigenvalue weighted by Gasteiger charge is 2.44. The van der Waals surface area contributed by atoms with Crippen LogP contribution in [0.2, 0.25) is 0 Å². The maximum absolute atomic E-state index is 13.7. The Morgan fingerprint density at radius 1 is 1.00 bits per heavy atom. The van der Waals surface area contributed by atoms with Gasteiger partial charge in [0, 0.05) is 18.7 Å². The molecule has 3 aromatic rings. The molecule has 0 radical (unpaired) electrons. The molecule has 0 saturated carbocycles. The van der Waals surface area contributed by atoms with Crippen LogP contribution in [0.1, 0.15) is 38.5 Å². The third kappa shape index (κ3) is 3.55. The van der Waals surface area contributed by atoms with Crippen molar-refractivity contribution in [3.05, 3.63) is 81.5 Å². The van der Waals surface area contributed by atoms with Gasteiger partial charge in [-0.05, 0) is 35.6 Å². The van der Waals surface area contributed by atoms with Crippen LogP contribution < -0.4 is 0 Å². The predicted octanol–water partition coefficient (Wildman–Crippen LogP) is 6.10. The van der Waals surface area contributed by atoms with Gasteiger partial charge in [0.15, 0.2) is 0 Å². The SMILES string of the molecule is O=C(c1cc(-c2ccccc2)c(C(F)(F)F)s1)N1CCC2(CC1)OCc1ccccc12. The fraction of sp³-hybridized carbons (Fsp3) is 0.292. The summed E-state index contributed by atoms with van der Waals surface area (Å²) in [4.78, 5) is 14.1. The smallest absolute Gasteiger partial charge is 0.365 e. The van der Waals surface area contributed by atoms with Crippen LogP contribution in [0.4, 0.5) is 13.2 Å². The van der Waals surface area contributed by atoms with Crippen LogP contribution in [-0.4, -0.2) is 23.9 Å². The first-order valence-corrected chi connectivity index (χ1v) is 11.0. The van der Waals surface area contributed by atoms with Crippen LogP contribution in [0.15, 0.2) is 60.7 Å². The monoisotopic (exact) mass is 443 g/mol. The number of piperidine rings is 1. The Hall–Kier alpha value is -2.64. The van der Waals surface area contributed by atoms with Crippen molar-refractivity contribution < 1.29 is 22.7 Å². The molecule has 0 unspecified atom stereocenters. The molecule has 160 valence electrons. The molecular formula is C24H20F3NO2S. The standard InChI is InChI=1S/C24H20F3NO2S/c25-24(26,27)21-18(16-6-2-1-3-7-16)14-20(31-21)22(29)28-12-10-23(11-13-28)19-9-5-4-8-17(19)15-30-23/h1-9,14H,10-13,15H2. The number of carbonyl (C=O) groups is 1. The number of alkyl halides is 3. The van der Waals surface area contributed by atoms with Gasteiger partial charge in [-0.25, -0.2) is 0 Å². The van der Waals surface area contributed by atoms with E-state index in [1.807, 2.05) is 12.1 Å². The summed E-state index contributed by atoms with van der Waals surface area (Å²) in [7, 11) is 0. The number of hydrogen-bond acceptors (Lipinski definition) is 3. The number of benzene rings is 2. The molecule has 2 aliphatic heterocycles. The van der Waals surface area contributed by atoms with Crippen molar-refractivity contribution in [3.8, 4) is 11.1 Å². The summed E-state index contributed by atoms with van der Waals surface area (Å²) in [5.74, 6) is -0.348. The highest BCUT2D eigenvalue weighted by molar-refractivity contribution is 7.14. The molecular weight excluding hydrogens is 423 g/mol. The molecule has 1 aromatic heterocycles. The second-order valence-corrected chi connectivity index (χ2v) is 9.00. The number of thiophene rings is 1. The van der Waals surface area contributed by atoms with Crippen molar-refractivity contribution in [1.82, 2.24) is 4.90 Å². The van der Waals surface area contributed by atoms with Crippen LogP contribution in [0.3, 0.4) is 0 Å². The summed E-state index contributed by atoms with van der Waals surface area (Å²) < 4.78 is 47.1. The van der Waals surface area contributed by atoms with Gasteiger partial charge >= 0.3 is 6.18 Å². The van der Waals surface area contributed by atoms with Gasteiger partial charge in [-0.15, -0.1) is 11.3 Å². The van der Waals surface area contributed by atoms with Crippen molar-refractivity contribution in [2.45, 2.75) is 31.2 Å². The Morgan fingerprint density at radius 3 is 2.39 bits per heavy atom. The Bertz CT molecular complexity index is 1120. The average molecular weight is 443 g/mol. The van der Waals surface area contributed by atoms with Crippen LogP contribution in [0, 0.1) is 0 Å². The van der Waals surface area contributed by atoms with Crippen molar-refractivity contribution in [2.75, 3.05) is 13.1 Å². The first kappa shape index (κ1) is 20.3. The summed E-state index contributed by atoms with van der Waals surface area (Å²) >= 11 is 0.528. The molecule has 1 amide bonds. The van der Waals surface area contributed by atoms with Gasteiger partial charge < -0.3 is 9.64 Å². The first-order chi connectivity index (χ1) is 14.9. The van der Waals surface area contributed by atoms with Gasteiger partial charge in [0.1, 0.15) is 4.88 Å². The zero-order chi connectivity index (χ0) is 21.6. The minimum Gasteiger partial charge on any atom is -0.365 e. The van der Waals surface area contributed by atoms with E-state index in [-0.39, 0.29) is 16.3 Å². The Labute approximate surface area is 182 Å². The van der Waals surface area contributed by atoms with Crippen LogP contribution in [-0.2, 0) is 23.1 Å². The van der Waals surface area contributed by atoms with E-state index in [1.165, 1.54) is 17.2 Å². The summed E-state index contributed by atoms with van der Waals surface area (Å²) in [6, 6.07) is 17.9. The van der Waals surface area contributed by atoms with Gasteiger partial charge in [0.25, 0.3) is 5.91 Å². The van der Waals surface area contributed by atoms with E-state index >= 15 is 0 Å². The minimum absolute atomic E-state index is 0.0583. The van der Waals surface area contributed by atoms with Crippen molar-refractivity contribution in [1.29, 1.82) is 0 Å². The number of carbonyl (C=O) groups excluding carboxylic acids is 1. The number of ether oxygens (including phenoxy) is 1. The summed E-state index contributed by atoms with van der Waals surface area (Å²) in [5.41, 5.74) is 2.46. The summed E-state index contributed by atoms with van der Waals surface area (Å²) in [5, 5.41) is 0. The lowest BCUT2D eigenvalue weighted by atomic mass is 9.84. The third-order valence-corrected chi connectivity index (χ3v) is 7.32. The van der Waals surface area contributed by atoms with E-state index in [1.54, 1.807) is 35.2 Å². The molecule has 3 nitrogen and oxygen atoms in total. The Kier molecular flexibility index (Phi) is 4.90. The second-order valence-electron chi connectivity index (χ2n) is 7.95. The van der Waals surface area contributed by atoms with Crippen LogP contribution in [0.5, 0.6) is 0 Å². The van der Waals surface area contributed by atoms with Crippen LogP contribution >= 0.6 is 11.3 Å². The number of likely N-dealkylation sites (tertiary alicyclic amines) is 1. The maximum atomic E-state index is 13.7. The van der Waals surface area contributed by atoms with E-state index in [2.05, 4.69) is 12.1 Å². The van der Waals surface area contributed by atoms with Gasteiger partial charge in [-0.2, -0.15) is 13.2 Å². The molecule has 0 bridgehead atoms. The molecule has 0 N–H and O–H groups in total. The molecule has 1 fully saturated rings. The first-order valence-electron chi connectivity index (χ1n) is 10.2. The molecule has 3 heterocycles. The predicted molar refractivity (Wildman–Crippen MR) is 113 cm³/mol. The van der Waals surface area contributed by atoms with Gasteiger partial charge in [0.2, 0.25) is 0 Å². The number of amides is 1. The molecule has 31 heavy (non-hydrogen) atoms. The number of nitrogens with zero attached hydrogens (tertiary/aromatic N) is 1. The summed E-state index contributed by atoms with van der Waals surface area (Å²) in [6.07, 6.45) is -3.24. The molecule has 5 rings (SSSR count). The van der Waals surface area contributed by atoms with E-state index in [4.69, 9.17) is 4.74 Å². The van der Waals surface area contributed by atoms with Crippen molar-refractivity contribution >= 4 is 17.2 Å². The third-order valence-electron chi connectivity index (χ3n) is 6.16. The number of halogens is 3. The zero-order valence-corrected chi connectivity index (χ0v) is 17.4. The summed E-state index contributed by atoms with van der Waals surface area (Å²) in [6.45, 7) is 1.46. The highest BCUT2D eigenvalue weighted by atomic mass is 32.1. The van der Waals surface area contributed by atoms with E-state index in [0.29, 0.717) is 49.4 Å².